The molecule has 4 rings (SSSR count). The van der Waals surface area contributed by atoms with Crippen LogP contribution in [-0.2, 0) is 9.84 Å². The van der Waals surface area contributed by atoms with Crippen LogP contribution in [0.3, 0.4) is 0 Å². The maximum atomic E-state index is 11.5. The number of sulfone groups is 1. The molecule has 2 aromatic carbocycles. The van der Waals surface area contributed by atoms with E-state index in [1.165, 1.54) is 11.6 Å². The molecule has 0 bridgehead atoms. The molecule has 2 aromatic heterocycles. The van der Waals surface area contributed by atoms with Crippen molar-refractivity contribution in [3.8, 4) is 0 Å². The van der Waals surface area contributed by atoms with Crippen LogP contribution in [0, 0.1) is 0 Å². The molecule has 0 aliphatic rings. The van der Waals surface area contributed by atoms with Crippen LogP contribution in [0.5, 0.6) is 0 Å². The summed E-state index contributed by atoms with van der Waals surface area (Å²) in [6.07, 6.45) is 2.96. The van der Waals surface area contributed by atoms with E-state index in [1.54, 1.807) is 13.1 Å². The first-order chi connectivity index (χ1) is 13.3. The minimum Gasteiger partial charge on any atom is -0.255 e. The highest BCUT2D eigenvalue weighted by Crippen LogP contribution is 2.29. The number of pyridine rings is 2. The molecule has 2 heterocycles. The second-order valence-electron chi connectivity index (χ2n) is 6.38. The number of benzene rings is 2. The number of aromatic nitrogens is 2. The molecule has 0 radical (unpaired) electrons. The van der Waals surface area contributed by atoms with Gasteiger partial charge in [-0.05, 0) is 74.7 Å². The Labute approximate surface area is 181 Å². The fraction of sp³-hybridized carbons (Fsp3) is 0.143. The molecule has 0 aliphatic heterocycles. The number of fused-ring (bicyclic) bond motifs is 2. The van der Waals surface area contributed by atoms with Crippen LogP contribution < -0.4 is 0 Å². The minimum atomic E-state index is -3.08. The first-order valence-electron chi connectivity index (χ1n) is 8.50. The molecule has 144 valence electrons. The van der Waals surface area contributed by atoms with Crippen molar-refractivity contribution in [2.45, 2.75) is 12.2 Å². The molecular formula is C21H18Br2N2O2S. The largest absolute Gasteiger partial charge is 0.255 e. The maximum absolute atomic E-state index is 11.5. The lowest BCUT2D eigenvalue weighted by Crippen LogP contribution is -2.07. The van der Waals surface area contributed by atoms with Crippen LogP contribution in [-0.4, -0.2) is 24.6 Å². The first kappa shape index (κ1) is 20.9. The third-order valence-corrected chi connectivity index (χ3v) is 6.96. The molecule has 0 aliphatic carbocycles. The fourth-order valence-corrected chi connectivity index (χ4v) is 4.24. The van der Waals surface area contributed by atoms with Crippen LogP contribution in [0.4, 0.5) is 0 Å². The number of para-hydroxylation sites is 1. The van der Waals surface area contributed by atoms with Crippen LogP contribution in [0.1, 0.15) is 17.7 Å². The molecule has 0 spiro atoms. The molecule has 0 N–H and O–H groups in total. The van der Waals surface area contributed by atoms with E-state index in [4.69, 9.17) is 0 Å². The molecule has 1 atom stereocenters. The lowest BCUT2D eigenvalue weighted by atomic mass is 10.1. The smallest absolute Gasteiger partial charge is 0.154 e. The molecule has 1 unspecified atom stereocenters. The van der Waals surface area contributed by atoms with Crippen molar-refractivity contribution >= 4 is 63.5 Å². The zero-order valence-electron chi connectivity index (χ0n) is 15.3. The quantitative estimate of drug-likeness (QED) is 0.299. The van der Waals surface area contributed by atoms with Gasteiger partial charge in [-0.1, -0.05) is 30.3 Å². The summed E-state index contributed by atoms with van der Waals surface area (Å²) in [5.74, 6) is 0. The number of nitrogens with zero attached hydrogens (tertiary/aromatic N) is 2. The van der Waals surface area contributed by atoms with Gasteiger partial charge in [0.2, 0.25) is 0 Å². The predicted molar refractivity (Wildman–Crippen MR) is 122 cm³/mol. The highest BCUT2D eigenvalue weighted by Gasteiger charge is 2.18. The van der Waals surface area contributed by atoms with E-state index in [1.807, 2.05) is 54.6 Å². The number of halogens is 2. The number of rotatable bonds is 2. The topological polar surface area (TPSA) is 59.9 Å². The average molecular weight is 522 g/mol. The van der Waals surface area contributed by atoms with Crippen molar-refractivity contribution in [3.05, 3.63) is 81.5 Å². The Hall–Kier alpha value is -1.83. The molecular weight excluding hydrogens is 504 g/mol. The van der Waals surface area contributed by atoms with Crippen molar-refractivity contribution in [2.24, 2.45) is 0 Å². The van der Waals surface area contributed by atoms with Gasteiger partial charge < -0.3 is 0 Å². The second-order valence-corrected chi connectivity index (χ2v) is 10.4. The van der Waals surface area contributed by atoms with Gasteiger partial charge in [0.25, 0.3) is 0 Å². The highest BCUT2D eigenvalue weighted by atomic mass is 79.9. The first-order valence-corrected chi connectivity index (χ1v) is 12.0. The van der Waals surface area contributed by atoms with Crippen LogP contribution in [0.25, 0.3) is 21.8 Å². The van der Waals surface area contributed by atoms with Crippen molar-refractivity contribution in [2.75, 3.05) is 6.26 Å². The highest BCUT2D eigenvalue weighted by molar-refractivity contribution is 9.10. The van der Waals surface area contributed by atoms with Gasteiger partial charge >= 0.3 is 0 Å². The Bertz CT molecular complexity index is 1240. The summed E-state index contributed by atoms with van der Waals surface area (Å²) in [4.78, 5) is 8.54. The van der Waals surface area contributed by atoms with Crippen LogP contribution in [0.15, 0.2) is 75.9 Å². The summed E-state index contributed by atoms with van der Waals surface area (Å²) in [6.45, 7) is 1.69. The molecule has 4 nitrogen and oxygen atoms in total. The van der Waals surface area contributed by atoms with Gasteiger partial charge in [0, 0.05) is 27.7 Å². The van der Waals surface area contributed by atoms with Gasteiger partial charge in [0.15, 0.2) is 9.84 Å². The van der Waals surface area contributed by atoms with Crippen LogP contribution in [0.2, 0.25) is 0 Å². The van der Waals surface area contributed by atoms with E-state index in [-0.39, 0.29) is 0 Å². The zero-order chi connectivity index (χ0) is 20.3. The van der Waals surface area contributed by atoms with E-state index in [0.717, 1.165) is 31.1 Å². The summed E-state index contributed by atoms with van der Waals surface area (Å²) in [6, 6.07) is 19.5. The fourth-order valence-electron chi connectivity index (χ4n) is 2.69. The van der Waals surface area contributed by atoms with Crippen molar-refractivity contribution < 1.29 is 8.42 Å². The third kappa shape index (κ3) is 4.96. The van der Waals surface area contributed by atoms with Gasteiger partial charge in [0.05, 0.1) is 16.3 Å². The maximum Gasteiger partial charge on any atom is 0.154 e. The van der Waals surface area contributed by atoms with E-state index >= 15 is 0 Å². The summed E-state index contributed by atoms with van der Waals surface area (Å²) in [5, 5.41) is 1.60. The summed E-state index contributed by atoms with van der Waals surface area (Å²) in [7, 11) is -3.08. The van der Waals surface area contributed by atoms with E-state index in [0.29, 0.717) is 0 Å². The van der Waals surface area contributed by atoms with E-state index < -0.39 is 15.1 Å². The van der Waals surface area contributed by atoms with Crippen molar-refractivity contribution in [3.63, 3.8) is 0 Å². The van der Waals surface area contributed by atoms with E-state index in [2.05, 4.69) is 47.9 Å². The molecule has 0 saturated carbocycles. The summed E-state index contributed by atoms with van der Waals surface area (Å²) in [5.41, 5.74) is 2.65. The molecule has 4 aromatic rings. The third-order valence-electron chi connectivity index (χ3n) is 4.36. The summed E-state index contributed by atoms with van der Waals surface area (Å²) < 4.78 is 24.8. The summed E-state index contributed by atoms with van der Waals surface area (Å²) >= 11 is 6.75. The lowest BCUT2D eigenvalue weighted by Gasteiger charge is -2.11. The second kappa shape index (κ2) is 8.68. The van der Waals surface area contributed by atoms with Gasteiger partial charge in [-0.2, -0.15) is 0 Å². The molecule has 7 heteroatoms. The Balaban J connectivity index is 0.000000176. The van der Waals surface area contributed by atoms with Gasteiger partial charge in [0.1, 0.15) is 4.60 Å². The standard InChI is InChI=1S/C12H12BrNO2S.C9H6BrN/c1-8(17(2,15)16)10-6-9-4-3-5-14-12(9)11(13)7-10;10-9-6-5-7-3-1-2-4-8(7)11-9/h3-8H,1-2H3;1-6H. The molecule has 28 heavy (non-hydrogen) atoms. The Morgan fingerprint density at radius 3 is 2.39 bits per heavy atom. The Morgan fingerprint density at radius 2 is 1.64 bits per heavy atom. The van der Waals surface area contributed by atoms with Crippen molar-refractivity contribution in [1.29, 1.82) is 0 Å². The van der Waals surface area contributed by atoms with Crippen molar-refractivity contribution in [1.82, 2.24) is 9.97 Å². The Morgan fingerprint density at radius 1 is 0.929 bits per heavy atom. The monoisotopic (exact) mass is 520 g/mol. The SMILES string of the molecule is Brc1ccc2ccccc2n1.CC(c1cc(Br)c2ncccc2c1)S(C)(=O)=O. The minimum absolute atomic E-state index is 0.511. The normalized spacial score (nSPS) is 12.4. The molecule has 0 saturated heterocycles. The predicted octanol–water partition coefficient (Wildman–Crippen LogP) is 6.10. The zero-order valence-corrected chi connectivity index (χ0v) is 19.3. The van der Waals surface area contributed by atoms with Gasteiger partial charge in [-0.15, -0.1) is 0 Å². The van der Waals surface area contributed by atoms with Gasteiger partial charge in [-0.3, -0.25) is 4.98 Å². The number of hydrogen-bond acceptors (Lipinski definition) is 4. The molecule has 0 amide bonds. The van der Waals surface area contributed by atoms with E-state index in [9.17, 15) is 8.42 Å². The molecule has 0 fully saturated rings. The lowest BCUT2D eigenvalue weighted by molar-refractivity contribution is 0.592. The van der Waals surface area contributed by atoms with Crippen LogP contribution >= 0.6 is 31.9 Å². The van der Waals surface area contributed by atoms with Gasteiger partial charge in [-0.25, -0.2) is 13.4 Å². The number of hydrogen-bond donors (Lipinski definition) is 0. The average Bonchev–Trinajstić information content (AvgIpc) is 2.67. The Kier molecular flexibility index (Phi) is 6.47.